The van der Waals surface area contributed by atoms with Crippen LogP contribution in [0.15, 0.2) is 0 Å². The lowest BCUT2D eigenvalue weighted by atomic mass is 9.94. The molecule has 0 radical (unpaired) electrons. The van der Waals surface area contributed by atoms with Gasteiger partial charge in [0.05, 0.1) is 0 Å². The minimum atomic E-state index is 0.184. The fourth-order valence-electron chi connectivity index (χ4n) is 3.59. The van der Waals surface area contributed by atoms with E-state index in [-0.39, 0.29) is 5.54 Å². The highest BCUT2D eigenvalue weighted by molar-refractivity contribution is 5.05. The second-order valence-corrected chi connectivity index (χ2v) is 6.63. The zero-order chi connectivity index (χ0) is 11.1. The van der Waals surface area contributed by atoms with Gasteiger partial charge in [0.1, 0.15) is 0 Å². The summed E-state index contributed by atoms with van der Waals surface area (Å²) in [5.74, 6) is 1.08. The third kappa shape index (κ3) is 2.28. The predicted molar refractivity (Wildman–Crippen MR) is 67.3 cm³/mol. The molecule has 0 aromatic rings. The van der Waals surface area contributed by atoms with Gasteiger partial charge in [-0.3, -0.25) is 0 Å². The molecule has 0 aromatic heterocycles. The molecular formula is C14H26N2. The molecule has 3 aliphatic carbocycles. The fourth-order valence-corrected chi connectivity index (χ4v) is 3.59. The van der Waals surface area contributed by atoms with Gasteiger partial charge in [0.2, 0.25) is 0 Å². The molecule has 0 atom stereocenters. The standard InChI is InChI=1S/C14H26N2/c15-14(5-1-2-6-14)9-10-16-11-13(7-8-13)12-3-4-12/h12,16H,1-11,15H2. The van der Waals surface area contributed by atoms with Crippen molar-refractivity contribution in [3.05, 3.63) is 0 Å². The lowest BCUT2D eigenvalue weighted by molar-refractivity contribution is 0.360. The summed E-state index contributed by atoms with van der Waals surface area (Å²) < 4.78 is 0. The van der Waals surface area contributed by atoms with Gasteiger partial charge in [0, 0.05) is 12.1 Å². The van der Waals surface area contributed by atoms with Gasteiger partial charge in [-0.05, 0) is 62.8 Å². The van der Waals surface area contributed by atoms with Crippen LogP contribution in [0.1, 0.15) is 57.8 Å². The SMILES string of the molecule is NC1(CCNCC2(C3CC3)CC2)CCCC1. The van der Waals surface area contributed by atoms with Crippen LogP contribution in [0, 0.1) is 11.3 Å². The monoisotopic (exact) mass is 222 g/mol. The highest BCUT2D eigenvalue weighted by Gasteiger charge is 2.53. The van der Waals surface area contributed by atoms with Crippen LogP contribution < -0.4 is 11.1 Å². The minimum absolute atomic E-state index is 0.184. The van der Waals surface area contributed by atoms with Gasteiger partial charge in [0.25, 0.3) is 0 Å². The first-order valence-corrected chi connectivity index (χ1v) is 7.22. The zero-order valence-electron chi connectivity index (χ0n) is 10.4. The van der Waals surface area contributed by atoms with E-state index in [9.17, 15) is 0 Å². The molecule has 3 N–H and O–H groups in total. The van der Waals surface area contributed by atoms with Crippen molar-refractivity contribution in [3.63, 3.8) is 0 Å². The summed E-state index contributed by atoms with van der Waals surface area (Å²) in [6, 6.07) is 0. The summed E-state index contributed by atoms with van der Waals surface area (Å²) in [6.45, 7) is 2.42. The van der Waals surface area contributed by atoms with Crippen LogP contribution in [0.5, 0.6) is 0 Å². The smallest absolute Gasteiger partial charge is 0.0166 e. The van der Waals surface area contributed by atoms with E-state index in [4.69, 9.17) is 5.73 Å². The third-order valence-corrected chi connectivity index (χ3v) is 5.21. The van der Waals surface area contributed by atoms with Crippen molar-refractivity contribution in [2.24, 2.45) is 17.1 Å². The van der Waals surface area contributed by atoms with Crippen LogP contribution in [0.25, 0.3) is 0 Å². The van der Waals surface area contributed by atoms with Gasteiger partial charge in [-0.1, -0.05) is 12.8 Å². The lowest BCUT2D eigenvalue weighted by Gasteiger charge is -2.24. The highest BCUT2D eigenvalue weighted by Crippen LogP contribution is 2.60. The number of nitrogens with two attached hydrogens (primary N) is 1. The number of hydrogen-bond donors (Lipinski definition) is 2. The molecule has 0 bridgehead atoms. The van der Waals surface area contributed by atoms with Crippen LogP contribution >= 0.6 is 0 Å². The van der Waals surface area contributed by atoms with Crippen LogP contribution in [0.3, 0.4) is 0 Å². The first kappa shape index (κ1) is 11.0. The van der Waals surface area contributed by atoms with E-state index in [1.165, 1.54) is 64.3 Å². The lowest BCUT2D eigenvalue weighted by Crippen LogP contribution is -2.40. The van der Waals surface area contributed by atoms with E-state index in [0.717, 1.165) is 17.9 Å². The normalized spacial score (nSPS) is 30.6. The molecule has 0 amide bonds. The van der Waals surface area contributed by atoms with Gasteiger partial charge < -0.3 is 11.1 Å². The van der Waals surface area contributed by atoms with Crippen molar-refractivity contribution in [1.82, 2.24) is 5.32 Å². The maximum Gasteiger partial charge on any atom is 0.0166 e. The summed E-state index contributed by atoms with van der Waals surface area (Å²) >= 11 is 0. The fraction of sp³-hybridized carbons (Fsp3) is 1.00. The van der Waals surface area contributed by atoms with Gasteiger partial charge >= 0.3 is 0 Å². The summed E-state index contributed by atoms with van der Waals surface area (Å²) in [7, 11) is 0. The Morgan fingerprint density at radius 1 is 1.06 bits per heavy atom. The van der Waals surface area contributed by atoms with Crippen LogP contribution in [0.2, 0.25) is 0 Å². The predicted octanol–water partition coefficient (Wildman–Crippen LogP) is 2.43. The average molecular weight is 222 g/mol. The minimum Gasteiger partial charge on any atom is -0.325 e. The molecule has 3 aliphatic rings. The first-order valence-electron chi connectivity index (χ1n) is 7.22. The molecule has 0 unspecified atom stereocenters. The molecule has 0 spiro atoms. The summed E-state index contributed by atoms with van der Waals surface area (Å²) in [5, 5.41) is 3.68. The number of hydrogen-bond acceptors (Lipinski definition) is 2. The molecule has 3 rings (SSSR count). The summed E-state index contributed by atoms with van der Waals surface area (Å²) in [4.78, 5) is 0. The van der Waals surface area contributed by atoms with Crippen LogP contribution in [-0.2, 0) is 0 Å². The molecule has 0 aliphatic heterocycles. The summed E-state index contributed by atoms with van der Waals surface area (Å²) in [5.41, 5.74) is 7.29. The van der Waals surface area contributed by atoms with Crippen molar-refractivity contribution < 1.29 is 0 Å². The Morgan fingerprint density at radius 2 is 1.75 bits per heavy atom. The van der Waals surface area contributed by atoms with E-state index in [2.05, 4.69) is 5.32 Å². The quantitative estimate of drug-likeness (QED) is 0.677. The van der Waals surface area contributed by atoms with Crippen LogP contribution in [0.4, 0.5) is 0 Å². The average Bonchev–Trinajstić information content (AvgIpc) is 3.14. The van der Waals surface area contributed by atoms with Crippen LogP contribution in [-0.4, -0.2) is 18.6 Å². The van der Waals surface area contributed by atoms with E-state index in [0.29, 0.717) is 0 Å². The van der Waals surface area contributed by atoms with Gasteiger partial charge in [-0.25, -0.2) is 0 Å². The van der Waals surface area contributed by atoms with Gasteiger partial charge in [-0.15, -0.1) is 0 Å². The molecule has 16 heavy (non-hydrogen) atoms. The Balaban J connectivity index is 1.34. The molecule has 2 nitrogen and oxygen atoms in total. The Labute approximate surface area is 99.4 Å². The zero-order valence-corrected chi connectivity index (χ0v) is 10.4. The second kappa shape index (κ2) is 3.99. The Kier molecular flexibility index (Phi) is 2.75. The molecule has 3 saturated carbocycles. The van der Waals surface area contributed by atoms with Gasteiger partial charge in [-0.2, -0.15) is 0 Å². The highest BCUT2D eigenvalue weighted by atomic mass is 14.9. The van der Waals surface area contributed by atoms with Gasteiger partial charge in [0.15, 0.2) is 0 Å². The number of rotatable bonds is 6. The van der Waals surface area contributed by atoms with Crippen molar-refractivity contribution in [2.75, 3.05) is 13.1 Å². The van der Waals surface area contributed by atoms with Crippen molar-refractivity contribution >= 4 is 0 Å². The molecular weight excluding hydrogens is 196 g/mol. The van der Waals surface area contributed by atoms with E-state index < -0.39 is 0 Å². The second-order valence-electron chi connectivity index (χ2n) is 6.63. The third-order valence-electron chi connectivity index (χ3n) is 5.21. The van der Waals surface area contributed by atoms with Crippen molar-refractivity contribution in [3.8, 4) is 0 Å². The molecule has 0 saturated heterocycles. The Morgan fingerprint density at radius 3 is 2.31 bits per heavy atom. The first-order chi connectivity index (χ1) is 7.73. The Bertz CT molecular complexity index is 243. The molecule has 0 heterocycles. The maximum absolute atomic E-state index is 6.36. The largest absolute Gasteiger partial charge is 0.325 e. The Hall–Kier alpha value is -0.0800. The molecule has 92 valence electrons. The van der Waals surface area contributed by atoms with Crippen molar-refractivity contribution in [1.29, 1.82) is 0 Å². The topological polar surface area (TPSA) is 38.0 Å². The number of nitrogens with one attached hydrogen (secondary N) is 1. The maximum atomic E-state index is 6.36. The summed E-state index contributed by atoms with van der Waals surface area (Å²) in [6.07, 6.45) is 12.4. The molecule has 0 aromatic carbocycles. The molecule has 3 fully saturated rings. The van der Waals surface area contributed by atoms with Crippen molar-refractivity contribution in [2.45, 2.75) is 63.3 Å². The van der Waals surface area contributed by atoms with E-state index in [1.807, 2.05) is 0 Å². The molecule has 2 heteroatoms. The van der Waals surface area contributed by atoms with E-state index >= 15 is 0 Å². The van der Waals surface area contributed by atoms with E-state index in [1.54, 1.807) is 0 Å².